The van der Waals surface area contributed by atoms with Gasteiger partial charge in [-0.3, -0.25) is 0 Å². The lowest BCUT2D eigenvalue weighted by Crippen LogP contribution is -1.99. The molecule has 1 heteroatoms. The van der Waals surface area contributed by atoms with Gasteiger partial charge in [-0.05, 0) is 41.7 Å². The Morgan fingerprint density at radius 1 is 0.625 bits per heavy atom. The Morgan fingerprint density at radius 3 is 1.58 bits per heavy atom. The fourth-order valence-electron chi connectivity index (χ4n) is 2.91. The molecule has 0 amide bonds. The number of aliphatic hydroxyl groups excluding tert-OH is 1. The number of aryl methyl sites for hydroxylation is 2. The van der Waals surface area contributed by atoms with E-state index in [1.54, 1.807) is 0 Å². The molecule has 0 saturated carbocycles. The van der Waals surface area contributed by atoms with E-state index in [9.17, 15) is 5.11 Å². The van der Waals surface area contributed by atoms with Crippen molar-refractivity contribution in [2.45, 2.75) is 13.8 Å². The number of aliphatic hydroxyl groups is 1. The van der Waals surface area contributed by atoms with Crippen LogP contribution in [0, 0.1) is 13.8 Å². The molecule has 1 nitrogen and oxygen atoms in total. The molecule has 0 bridgehead atoms. The van der Waals surface area contributed by atoms with E-state index in [4.69, 9.17) is 0 Å². The molecule has 1 N–H and O–H groups in total. The van der Waals surface area contributed by atoms with E-state index in [1.165, 1.54) is 11.1 Å². The summed E-state index contributed by atoms with van der Waals surface area (Å²) in [6.45, 7) is 4.16. The van der Waals surface area contributed by atoms with Gasteiger partial charge in [0.2, 0.25) is 0 Å². The summed E-state index contributed by atoms with van der Waals surface area (Å²) in [4.78, 5) is 0. The zero-order valence-corrected chi connectivity index (χ0v) is 14.2. The van der Waals surface area contributed by atoms with Crippen LogP contribution in [0.1, 0.15) is 27.8 Å². The quantitative estimate of drug-likeness (QED) is 0.652. The van der Waals surface area contributed by atoms with Crippen LogP contribution < -0.4 is 0 Å². The lowest BCUT2D eigenvalue weighted by atomic mass is 9.89. The maximum absolute atomic E-state index is 10.1. The van der Waals surface area contributed by atoms with Gasteiger partial charge < -0.3 is 5.11 Å². The van der Waals surface area contributed by atoms with Gasteiger partial charge in [-0.15, -0.1) is 0 Å². The van der Waals surface area contributed by atoms with Gasteiger partial charge in [0.15, 0.2) is 0 Å². The highest BCUT2D eigenvalue weighted by Gasteiger charge is 2.13. The third kappa shape index (κ3) is 3.47. The van der Waals surface area contributed by atoms with E-state index >= 15 is 0 Å². The van der Waals surface area contributed by atoms with Crippen LogP contribution >= 0.6 is 0 Å². The van der Waals surface area contributed by atoms with E-state index < -0.39 is 0 Å². The Balaban J connectivity index is 2.25. The van der Waals surface area contributed by atoms with Crippen LogP contribution in [-0.2, 0) is 0 Å². The van der Waals surface area contributed by atoms with Gasteiger partial charge in [-0.1, -0.05) is 90.0 Å². The fourth-order valence-corrected chi connectivity index (χ4v) is 2.91. The Labute approximate surface area is 143 Å². The molecule has 3 aromatic rings. The summed E-state index contributed by atoms with van der Waals surface area (Å²) in [5.74, 6) is 0. The Morgan fingerprint density at radius 2 is 1.08 bits per heavy atom. The molecule has 0 atom stereocenters. The first-order valence-corrected chi connectivity index (χ1v) is 8.22. The molecule has 24 heavy (non-hydrogen) atoms. The summed E-state index contributed by atoms with van der Waals surface area (Å²) in [5.41, 5.74) is 7.77. The average molecular weight is 314 g/mol. The molecule has 0 aromatic heterocycles. The first-order chi connectivity index (χ1) is 11.7. The average Bonchev–Trinajstić information content (AvgIpc) is 2.62. The molecule has 0 fully saturated rings. The molecule has 0 heterocycles. The SMILES string of the molecule is Cc1ccc(/C(CO)=C(\c2ccccc2)c2ccc(C)cc2)cc1. The molecular formula is C23H22O. The van der Waals surface area contributed by atoms with Crippen LogP contribution in [0.3, 0.4) is 0 Å². The van der Waals surface area contributed by atoms with Crippen molar-refractivity contribution in [3.8, 4) is 0 Å². The molecule has 0 aliphatic rings. The summed E-state index contributed by atoms with van der Waals surface area (Å²) < 4.78 is 0. The highest BCUT2D eigenvalue weighted by Crippen LogP contribution is 2.32. The van der Waals surface area contributed by atoms with Crippen LogP contribution in [0.2, 0.25) is 0 Å². The lowest BCUT2D eigenvalue weighted by Gasteiger charge is -2.16. The zero-order chi connectivity index (χ0) is 16.9. The van der Waals surface area contributed by atoms with Crippen molar-refractivity contribution in [3.05, 3.63) is 107 Å². The molecule has 0 unspecified atom stereocenters. The number of hydrogen-bond donors (Lipinski definition) is 1. The second-order valence-corrected chi connectivity index (χ2v) is 6.11. The van der Waals surface area contributed by atoms with Gasteiger partial charge in [0, 0.05) is 0 Å². The van der Waals surface area contributed by atoms with Gasteiger partial charge >= 0.3 is 0 Å². The lowest BCUT2D eigenvalue weighted by molar-refractivity contribution is 0.350. The number of benzene rings is 3. The van der Waals surface area contributed by atoms with Gasteiger partial charge in [0.1, 0.15) is 0 Å². The largest absolute Gasteiger partial charge is 0.392 e. The van der Waals surface area contributed by atoms with Crippen LogP contribution in [-0.4, -0.2) is 11.7 Å². The molecule has 3 aromatic carbocycles. The van der Waals surface area contributed by atoms with Crippen LogP contribution in [0.4, 0.5) is 0 Å². The van der Waals surface area contributed by atoms with Crippen molar-refractivity contribution in [1.82, 2.24) is 0 Å². The normalized spacial score (nSPS) is 12.0. The molecule has 120 valence electrons. The minimum atomic E-state index is 0.00116. The Hall–Kier alpha value is -2.64. The van der Waals surface area contributed by atoms with Crippen molar-refractivity contribution >= 4 is 11.1 Å². The van der Waals surface area contributed by atoms with Crippen LogP contribution in [0.5, 0.6) is 0 Å². The van der Waals surface area contributed by atoms with E-state index in [-0.39, 0.29) is 6.61 Å². The predicted octanol–water partition coefficient (Wildman–Crippen LogP) is 5.25. The predicted molar refractivity (Wildman–Crippen MR) is 102 cm³/mol. The third-order valence-corrected chi connectivity index (χ3v) is 4.26. The van der Waals surface area contributed by atoms with Crippen molar-refractivity contribution in [2.24, 2.45) is 0 Å². The summed E-state index contributed by atoms with van der Waals surface area (Å²) in [5, 5.41) is 10.1. The van der Waals surface area contributed by atoms with E-state index in [1.807, 2.05) is 18.2 Å². The first kappa shape index (κ1) is 16.2. The van der Waals surface area contributed by atoms with Crippen molar-refractivity contribution < 1.29 is 5.11 Å². The summed E-state index contributed by atoms with van der Waals surface area (Å²) in [7, 11) is 0. The molecule has 0 spiro atoms. The number of rotatable bonds is 4. The second-order valence-electron chi connectivity index (χ2n) is 6.11. The maximum Gasteiger partial charge on any atom is 0.0693 e. The van der Waals surface area contributed by atoms with E-state index in [2.05, 4.69) is 74.5 Å². The van der Waals surface area contributed by atoms with Crippen LogP contribution in [0.25, 0.3) is 11.1 Å². The van der Waals surface area contributed by atoms with Gasteiger partial charge in [0.05, 0.1) is 6.61 Å². The second kappa shape index (κ2) is 7.29. The van der Waals surface area contributed by atoms with Gasteiger partial charge in [-0.25, -0.2) is 0 Å². The molecule has 0 saturated heterocycles. The standard InChI is InChI=1S/C23H22O/c1-17-8-12-19(13-9-17)22(16-24)23(20-6-4-3-5-7-20)21-14-10-18(2)11-15-21/h3-15,24H,16H2,1-2H3/b23-22+. The van der Waals surface area contributed by atoms with Crippen molar-refractivity contribution in [3.63, 3.8) is 0 Å². The fraction of sp³-hybridized carbons (Fsp3) is 0.130. The summed E-state index contributed by atoms with van der Waals surface area (Å²) in [6.07, 6.45) is 0. The van der Waals surface area contributed by atoms with E-state index in [0.717, 1.165) is 27.8 Å². The molecule has 0 aliphatic heterocycles. The highest BCUT2D eigenvalue weighted by atomic mass is 16.3. The summed E-state index contributed by atoms with van der Waals surface area (Å²) >= 11 is 0. The Bertz CT molecular complexity index is 825. The zero-order valence-electron chi connectivity index (χ0n) is 14.2. The minimum absolute atomic E-state index is 0.00116. The molecular weight excluding hydrogens is 292 g/mol. The first-order valence-electron chi connectivity index (χ1n) is 8.22. The monoisotopic (exact) mass is 314 g/mol. The van der Waals surface area contributed by atoms with Crippen molar-refractivity contribution in [2.75, 3.05) is 6.61 Å². The smallest absolute Gasteiger partial charge is 0.0693 e. The van der Waals surface area contributed by atoms with Gasteiger partial charge in [0.25, 0.3) is 0 Å². The highest BCUT2D eigenvalue weighted by molar-refractivity contribution is 5.98. The van der Waals surface area contributed by atoms with Crippen LogP contribution in [0.15, 0.2) is 78.9 Å². The van der Waals surface area contributed by atoms with E-state index in [0.29, 0.717) is 0 Å². The maximum atomic E-state index is 10.1. The molecule has 3 rings (SSSR count). The number of hydrogen-bond acceptors (Lipinski definition) is 1. The van der Waals surface area contributed by atoms with Gasteiger partial charge in [-0.2, -0.15) is 0 Å². The van der Waals surface area contributed by atoms with Crippen molar-refractivity contribution in [1.29, 1.82) is 0 Å². The molecule has 0 radical (unpaired) electrons. The minimum Gasteiger partial charge on any atom is -0.392 e. The third-order valence-electron chi connectivity index (χ3n) is 4.26. The molecule has 0 aliphatic carbocycles. The summed E-state index contributed by atoms with van der Waals surface area (Å²) in [6, 6.07) is 27.1. The Kier molecular flexibility index (Phi) is 4.93. The topological polar surface area (TPSA) is 20.2 Å².